The van der Waals surface area contributed by atoms with Crippen molar-refractivity contribution >= 4 is 5.91 Å². The Morgan fingerprint density at radius 2 is 1.83 bits per heavy atom. The molecule has 0 radical (unpaired) electrons. The molecule has 2 heteroatoms. The zero-order valence-electron chi connectivity index (χ0n) is 14.4. The minimum atomic E-state index is -0.0707. The van der Waals surface area contributed by atoms with E-state index in [9.17, 15) is 4.79 Å². The monoisotopic (exact) mass is 309 g/mol. The highest BCUT2D eigenvalue weighted by molar-refractivity contribution is 5.95. The van der Waals surface area contributed by atoms with Crippen molar-refractivity contribution in [3.63, 3.8) is 0 Å². The van der Waals surface area contributed by atoms with Gasteiger partial charge in [-0.05, 0) is 43.5 Å². The first-order valence-corrected chi connectivity index (χ1v) is 7.52. The standard InChI is InChI=1S/C18H21NO.C3H6/c1-5-6-7-10-14(2)16(4)13-19-18(20)17-12-9-8-11-15(17)3;1-3-2/h5-12H,1,4,13H2,2-3H3,(H,19,20);3H,1H2,2H3/b7-6-,14-10+;. The van der Waals surface area contributed by atoms with E-state index in [0.717, 1.165) is 16.7 Å². The SMILES string of the molecule is C=C/C=C\C=C(/C)C(=C)CNC(=O)c1ccccc1C.C=CC. The summed E-state index contributed by atoms with van der Waals surface area (Å²) in [6.45, 7) is 17.2. The quantitative estimate of drug-likeness (QED) is 0.570. The van der Waals surface area contributed by atoms with Gasteiger partial charge in [0.15, 0.2) is 0 Å². The number of benzene rings is 1. The number of allylic oxidation sites excluding steroid dienone is 5. The summed E-state index contributed by atoms with van der Waals surface area (Å²) >= 11 is 0. The van der Waals surface area contributed by atoms with E-state index in [-0.39, 0.29) is 5.91 Å². The van der Waals surface area contributed by atoms with Crippen molar-refractivity contribution < 1.29 is 4.79 Å². The predicted octanol–water partition coefficient (Wildman–Crippen LogP) is 5.16. The molecule has 2 nitrogen and oxygen atoms in total. The fraction of sp³-hybridized carbons (Fsp3) is 0.190. The van der Waals surface area contributed by atoms with Gasteiger partial charge in [-0.15, -0.1) is 6.58 Å². The van der Waals surface area contributed by atoms with Crippen LogP contribution in [0.4, 0.5) is 0 Å². The Bertz CT molecular complexity index is 606. The summed E-state index contributed by atoms with van der Waals surface area (Å²) in [6, 6.07) is 7.53. The van der Waals surface area contributed by atoms with E-state index in [1.165, 1.54) is 0 Å². The van der Waals surface area contributed by atoms with E-state index >= 15 is 0 Å². The van der Waals surface area contributed by atoms with Gasteiger partial charge in [0.1, 0.15) is 0 Å². The van der Waals surface area contributed by atoms with Crippen molar-refractivity contribution in [2.75, 3.05) is 6.54 Å². The topological polar surface area (TPSA) is 29.1 Å². The second-order valence-corrected chi connectivity index (χ2v) is 4.98. The first-order valence-electron chi connectivity index (χ1n) is 7.52. The summed E-state index contributed by atoms with van der Waals surface area (Å²) in [5, 5.41) is 2.89. The molecule has 0 heterocycles. The van der Waals surface area contributed by atoms with Gasteiger partial charge >= 0.3 is 0 Å². The van der Waals surface area contributed by atoms with Crippen molar-refractivity contribution in [3.8, 4) is 0 Å². The molecule has 1 N–H and O–H groups in total. The highest BCUT2D eigenvalue weighted by Crippen LogP contribution is 2.09. The van der Waals surface area contributed by atoms with Crippen LogP contribution in [0, 0.1) is 6.92 Å². The lowest BCUT2D eigenvalue weighted by Crippen LogP contribution is -2.26. The van der Waals surface area contributed by atoms with E-state index in [1.807, 2.05) is 63.3 Å². The molecule has 0 bridgehead atoms. The highest BCUT2D eigenvalue weighted by Gasteiger charge is 2.07. The number of carbonyl (C=O) groups is 1. The maximum Gasteiger partial charge on any atom is 0.251 e. The zero-order chi connectivity index (χ0) is 17.7. The summed E-state index contributed by atoms with van der Waals surface area (Å²) in [5.41, 5.74) is 3.60. The lowest BCUT2D eigenvalue weighted by atomic mass is 10.1. The lowest BCUT2D eigenvalue weighted by molar-refractivity contribution is 0.0956. The van der Waals surface area contributed by atoms with E-state index in [0.29, 0.717) is 12.1 Å². The predicted molar refractivity (Wildman–Crippen MR) is 102 cm³/mol. The van der Waals surface area contributed by atoms with Crippen LogP contribution in [0.2, 0.25) is 0 Å². The van der Waals surface area contributed by atoms with Crippen molar-refractivity contribution in [1.29, 1.82) is 0 Å². The Balaban J connectivity index is 0.00000149. The first kappa shape index (κ1) is 20.4. The van der Waals surface area contributed by atoms with Crippen molar-refractivity contribution in [2.24, 2.45) is 0 Å². The average Bonchev–Trinajstić information content (AvgIpc) is 2.53. The molecular weight excluding hydrogens is 282 g/mol. The van der Waals surface area contributed by atoms with Gasteiger partial charge in [-0.3, -0.25) is 4.79 Å². The van der Waals surface area contributed by atoms with Crippen LogP contribution >= 0.6 is 0 Å². The highest BCUT2D eigenvalue weighted by atomic mass is 16.1. The van der Waals surface area contributed by atoms with Crippen LogP contribution in [0.25, 0.3) is 0 Å². The number of amides is 1. The minimum Gasteiger partial charge on any atom is -0.348 e. The van der Waals surface area contributed by atoms with Crippen molar-refractivity contribution in [1.82, 2.24) is 5.32 Å². The summed E-state index contributed by atoms with van der Waals surface area (Å²) in [7, 11) is 0. The normalized spacial score (nSPS) is 10.5. The molecule has 1 aromatic carbocycles. The van der Waals surface area contributed by atoms with Gasteiger partial charge in [-0.25, -0.2) is 0 Å². The minimum absolute atomic E-state index is 0.0707. The molecule has 0 fully saturated rings. The molecule has 0 aromatic heterocycles. The van der Waals surface area contributed by atoms with Crippen LogP contribution in [0.5, 0.6) is 0 Å². The zero-order valence-corrected chi connectivity index (χ0v) is 14.4. The van der Waals surface area contributed by atoms with Gasteiger partial charge < -0.3 is 5.32 Å². The van der Waals surface area contributed by atoms with E-state index < -0.39 is 0 Å². The molecule has 0 saturated carbocycles. The molecule has 0 aliphatic carbocycles. The molecule has 0 saturated heterocycles. The number of hydrogen-bond acceptors (Lipinski definition) is 1. The molecular formula is C21H27NO. The van der Waals surface area contributed by atoms with Crippen LogP contribution < -0.4 is 5.32 Å². The third-order valence-corrected chi connectivity index (χ3v) is 3.00. The molecule has 0 aliphatic heterocycles. The van der Waals surface area contributed by atoms with Gasteiger partial charge in [0.25, 0.3) is 5.91 Å². The maximum atomic E-state index is 12.1. The van der Waals surface area contributed by atoms with E-state index in [4.69, 9.17) is 0 Å². The van der Waals surface area contributed by atoms with Crippen molar-refractivity contribution in [2.45, 2.75) is 20.8 Å². The molecule has 0 unspecified atom stereocenters. The number of hydrogen-bond donors (Lipinski definition) is 1. The van der Waals surface area contributed by atoms with Crippen LogP contribution in [-0.2, 0) is 0 Å². The molecule has 0 spiro atoms. The molecule has 122 valence electrons. The fourth-order valence-electron chi connectivity index (χ4n) is 1.65. The van der Waals surface area contributed by atoms with Crippen molar-refractivity contribution in [3.05, 3.63) is 96.7 Å². The Hall–Kier alpha value is -2.61. The van der Waals surface area contributed by atoms with Gasteiger partial charge in [0, 0.05) is 12.1 Å². The van der Waals surface area contributed by atoms with Gasteiger partial charge in [-0.1, -0.05) is 61.7 Å². The Kier molecular flexibility index (Phi) is 10.6. The lowest BCUT2D eigenvalue weighted by Gasteiger charge is -2.09. The third kappa shape index (κ3) is 8.42. The summed E-state index contributed by atoms with van der Waals surface area (Å²) < 4.78 is 0. The van der Waals surface area contributed by atoms with Crippen LogP contribution in [0.1, 0.15) is 29.8 Å². The molecule has 1 rings (SSSR count). The first-order chi connectivity index (χ1) is 11.0. The Morgan fingerprint density at radius 3 is 2.39 bits per heavy atom. The average molecular weight is 309 g/mol. The second-order valence-electron chi connectivity index (χ2n) is 4.98. The van der Waals surface area contributed by atoms with Crippen LogP contribution in [0.15, 0.2) is 85.5 Å². The van der Waals surface area contributed by atoms with E-state index in [2.05, 4.69) is 25.1 Å². The number of nitrogens with one attached hydrogen (secondary N) is 1. The molecule has 0 aliphatic rings. The van der Waals surface area contributed by atoms with Gasteiger partial charge in [0.2, 0.25) is 0 Å². The van der Waals surface area contributed by atoms with Gasteiger partial charge in [-0.2, -0.15) is 0 Å². The maximum absolute atomic E-state index is 12.1. The smallest absolute Gasteiger partial charge is 0.251 e. The molecule has 1 aromatic rings. The van der Waals surface area contributed by atoms with Gasteiger partial charge in [0.05, 0.1) is 0 Å². The summed E-state index contributed by atoms with van der Waals surface area (Å²) in [6.07, 6.45) is 9.16. The largest absolute Gasteiger partial charge is 0.348 e. The Labute approximate surface area is 140 Å². The fourth-order valence-corrected chi connectivity index (χ4v) is 1.65. The molecule has 0 atom stereocenters. The third-order valence-electron chi connectivity index (χ3n) is 3.00. The Morgan fingerprint density at radius 1 is 1.22 bits per heavy atom. The molecule has 1 amide bonds. The molecule has 23 heavy (non-hydrogen) atoms. The summed E-state index contributed by atoms with van der Waals surface area (Å²) in [4.78, 5) is 12.1. The van der Waals surface area contributed by atoms with Crippen LogP contribution in [0.3, 0.4) is 0 Å². The number of carbonyl (C=O) groups excluding carboxylic acids is 1. The number of rotatable bonds is 6. The number of aryl methyl sites for hydroxylation is 1. The van der Waals surface area contributed by atoms with E-state index in [1.54, 1.807) is 12.2 Å². The van der Waals surface area contributed by atoms with Crippen LogP contribution in [-0.4, -0.2) is 12.5 Å². The second kappa shape index (κ2) is 12.0. The summed E-state index contributed by atoms with van der Waals surface area (Å²) in [5.74, 6) is -0.0707.